The third-order valence-electron chi connectivity index (χ3n) is 3.61. The van der Waals surface area contributed by atoms with Crippen LogP contribution in [0.4, 0.5) is 10.1 Å². The maximum atomic E-state index is 13.0. The zero-order valence-corrected chi connectivity index (χ0v) is 12.1. The molecule has 2 unspecified atom stereocenters. The highest BCUT2D eigenvalue weighted by Crippen LogP contribution is 2.42. The van der Waals surface area contributed by atoms with Crippen LogP contribution in [-0.2, 0) is 0 Å². The largest absolute Gasteiger partial charge is 0.381 e. The van der Waals surface area contributed by atoms with Crippen LogP contribution in [0.5, 0.6) is 0 Å². The Balaban J connectivity index is 2.11. The zero-order valence-electron chi connectivity index (χ0n) is 10.6. The fourth-order valence-corrected chi connectivity index (χ4v) is 3.36. The summed E-state index contributed by atoms with van der Waals surface area (Å²) >= 11 is 3.40. The van der Waals surface area contributed by atoms with E-state index in [1.165, 1.54) is 18.6 Å². The van der Waals surface area contributed by atoms with Crippen molar-refractivity contribution >= 4 is 21.6 Å². The van der Waals surface area contributed by atoms with Gasteiger partial charge in [0.15, 0.2) is 0 Å². The van der Waals surface area contributed by atoms with Gasteiger partial charge in [0.2, 0.25) is 0 Å². The molecule has 0 amide bonds. The quantitative estimate of drug-likeness (QED) is 0.825. The van der Waals surface area contributed by atoms with Crippen LogP contribution in [0, 0.1) is 17.2 Å². The maximum Gasteiger partial charge on any atom is 0.124 e. The third-order valence-corrected chi connectivity index (χ3v) is 4.26. The lowest BCUT2D eigenvalue weighted by atomic mass is 9.91. The molecule has 1 fully saturated rings. The topological polar surface area (TPSA) is 12.0 Å². The van der Waals surface area contributed by atoms with E-state index in [1.807, 2.05) is 0 Å². The number of rotatable bonds is 2. The van der Waals surface area contributed by atoms with Gasteiger partial charge in [-0.05, 0) is 58.3 Å². The van der Waals surface area contributed by atoms with Crippen LogP contribution in [0.15, 0.2) is 22.7 Å². The molecule has 2 rings (SSSR count). The van der Waals surface area contributed by atoms with Crippen molar-refractivity contribution < 1.29 is 4.39 Å². The van der Waals surface area contributed by atoms with Gasteiger partial charge in [-0.25, -0.2) is 4.39 Å². The molecule has 0 radical (unpaired) electrons. The summed E-state index contributed by atoms with van der Waals surface area (Å²) in [6.07, 6.45) is 2.40. The third kappa shape index (κ3) is 3.01. The van der Waals surface area contributed by atoms with Crippen molar-refractivity contribution in [1.82, 2.24) is 0 Å². The molecule has 1 aromatic carbocycles. The van der Waals surface area contributed by atoms with Crippen LogP contribution in [0.25, 0.3) is 0 Å². The molecule has 17 heavy (non-hydrogen) atoms. The summed E-state index contributed by atoms with van der Waals surface area (Å²) in [5, 5.41) is 3.53. The fourth-order valence-electron chi connectivity index (χ4n) is 2.89. The molecule has 94 valence electrons. The molecule has 2 atom stereocenters. The molecule has 0 heterocycles. The van der Waals surface area contributed by atoms with Gasteiger partial charge in [0, 0.05) is 16.2 Å². The highest BCUT2D eigenvalue weighted by molar-refractivity contribution is 9.10. The van der Waals surface area contributed by atoms with Gasteiger partial charge in [-0.1, -0.05) is 20.8 Å². The Hall–Kier alpha value is -0.570. The predicted octanol–water partition coefficient (Wildman–Crippen LogP) is 4.82. The van der Waals surface area contributed by atoms with E-state index in [-0.39, 0.29) is 5.82 Å². The van der Waals surface area contributed by atoms with Crippen LogP contribution < -0.4 is 5.32 Å². The van der Waals surface area contributed by atoms with Gasteiger partial charge in [0.1, 0.15) is 5.82 Å². The van der Waals surface area contributed by atoms with Crippen molar-refractivity contribution in [2.75, 3.05) is 5.32 Å². The summed E-state index contributed by atoms with van der Waals surface area (Å²) in [4.78, 5) is 0. The van der Waals surface area contributed by atoms with Crippen LogP contribution >= 0.6 is 15.9 Å². The Morgan fingerprint density at radius 1 is 1.35 bits per heavy atom. The Kier molecular flexibility index (Phi) is 3.48. The Labute approximate surface area is 111 Å². The molecule has 0 spiro atoms. The molecular formula is C14H19BrFN. The smallest absolute Gasteiger partial charge is 0.124 e. The lowest BCUT2D eigenvalue weighted by Crippen LogP contribution is -2.22. The van der Waals surface area contributed by atoms with Crippen molar-refractivity contribution in [2.45, 2.75) is 39.7 Å². The molecule has 0 bridgehead atoms. The molecule has 1 saturated carbocycles. The van der Waals surface area contributed by atoms with Crippen molar-refractivity contribution in [3.63, 3.8) is 0 Å². The Morgan fingerprint density at radius 3 is 2.59 bits per heavy atom. The monoisotopic (exact) mass is 299 g/mol. The Morgan fingerprint density at radius 2 is 2.06 bits per heavy atom. The fraction of sp³-hybridized carbons (Fsp3) is 0.571. The van der Waals surface area contributed by atoms with E-state index in [0.29, 0.717) is 17.4 Å². The molecule has 1 aromatic rings. The van der Waals surface area contributed by atoms with Crippen molar-refractivity contribution in [2.24, 2.45) is 11.3 Å². The van der Waals surface area contributed by atoms with E-state index in [2.05, 4.69) is 42.0 Å². The second kappa shape index (κ2) is 4.60. The van der Waals surface area contributed by atoms with Gasteiger partial charge in [-0.3, -0.25) is 0 Å². The summed E-state index contributed by atoms with van der Waals surface area (Å²) in [5.74, 6) is 0.448. The van der Waals surface area contributed by atoms with E-state index in [1.54, 1.807) is 6.07 Å². The van der Waals surface area contributed by atoms with Gasteiger partial charge in [0.05, 0.1) is 0 Å². The first-order valence-corrected chi connectivity index (χ1v) is 6.88. The summed E-state index contributed by atoms with van der Waals surface area (Å²) in [5.41, 5.74) is 1.39. The minimum atomic E-state index is -0.206. The van der Waals surface area contributed by atoms with Gasteiger partial charge >= 0.3 is 0 Å². The SMILES string of the molecule is CC1CC(C)(C)CC1Nc1ccc(F)cc1Br. The number of nitrogens with one attached hydrogen (secondary N) is 1. The zero-order chi connectivity index (χ0) is 12.6. The molecule has 1 aliphatic carbocycles. The predicted molar refractivity (Wildman–Crippen MR) is 73.7 cm³/mol. The number of hydrogen-bond donors (Lipinski definition) is 1. The number of anilines is 1. The number of benzene rings is 1. The van der Waals surface area contributed by atoms with Crippen LogP contribution in [0.2, 0.25) is 0 Å². The molecular weight excluding hydrogens is 281 g/mol. The van der Waals surface area contributed by atoms with Crippen LogP contribution in [0.3, 0.4) is 0 Å². The van der Waals surface area contributed by atoms with E-state index < -0.39 is 0 Å². The molecule has 3 heteroatoms. The molecule has 0 aromatic heterocycles. The van der Waals surface area contributed by atoms with Gasteiger partial charge in [-0.2, -0.15) is 0 Å². The first kappa shape index (κ1) is 12.9. The molecule has 0 aliphatic heterocycles. The molecule has 1 N–H and O–H groups in total. The normalized spacial score (nSPS) is 27.1. The van der Waals surface area contributed by atoms with Gasteiger partial charge in [0.25, 0.3) is 0 Å². The van der Waals surface area contributed by atoms with Crippen LogP contribution in [-0.4, -0.2) is 6.04 Å². The van der Waals surface area contributed by atoms with Crippen molar-refractivity contribution in [3.05, 3.63) is 28.5 Å². The minimum absolute atomic E-state index is 0.206. The highest BCUT2D eigenvalue weighted by atomic mass is 79.9. The van der Waals surface area contributed by atoms with Gasteiger partial charge < -0.3 is 5.32 Å². The van der Waals surface area contributed by atoms with E-state index in [0.717, 1.165) is 16.6 Å². The molecule has 1 nitrogen and oxygen atoms in total. The number of hydrogen-bond acceptors (Lipinski definition) is 1. The van der Waals surface area contributed by atoms with E-state index in [4.69, 9.17) is 0 Å². The van der Waals surface area contributed by atoms with Crippen LogP contribution in [0.1, 0.15) is 33.6 Å². The molecule has 0 saturated heterocycles. The summed E-state index contributed by atoms with van der Waals surface area (Å²) in [6.45, 7) is 6.90. The highest BCUT2D eigenvalue weighted by Gasteiger charge is 2.36. The van der Waals surface area contributed by atoms with Gasteiger partial charge in [-0.15, -0.1) is 0 Å². The summed E-state index contributed by atoms with van der Waals surface area (Å²) < 4.78 is 13.8. The van der Waals surface area contributed by atoms with E-state index >= 15 is 0 Å². The average molecular weight is 300 g/mol. The summed E-state index contributed by atoms with van der Waals surface area (Å²) in [7, 11) is 0. The second-order valence-corrected chi connectivity index (χ2v) is 6.78. The first-order chi connectivity index (χ1) is 7.87. The van der Waals surface area contributed by atoms with E-state index in [9.17, 15) is 4.39 Å². The van der Waals surface area contributed by atoms with Crippen molar-refractivity contribution in [1.29, 1.82) is 0 Å². The first-order valence-electron chi connectivity index (χ1n) is 6.09. The second-order valence-electron chi connectivity index (χ2n) is 5.92. The maximum absolute atomic E-state index is 13.0. The number of halogens is 2. The lowest BCUT2D eigenvalue weighted by Gasteiger charge is -2.20. The average Bonchev–Trinajstić information content (AvgIpc) is 2.44. The molecule has 1 aliphatic rings. The van der Waals surface area contributed by atoms with Crippen molar-refractivity contribution in [3.8, 4) is 0 Å². The summed E-state index contributed by atoms with van der Waals surface area (Å²) in [6, 6.07) is 5.29. The lowest BCUT2D eigenvalue weighted by molar-refractivity contribution is 0.366. The standard InChI is InChI=1S/C14H19BrFN/c1-9-7-14(2,3)8-13(9)17-12-5-4-10(16)6-11(12)15/h4-6,9,13,17H,7-8H2,1-3H3. The Bertz CT molecular complexity index is 417. The minimum Gasteiger partial charge on any atom is -0.381 e.